The third-order valence-electron chi connectivity index (χ3n) is 2.73. The maximum atomic E-state index is 9.58. The summed E-state index contributed by atoms with van der Waals surface area (Å²) in [6, 6.07) is 7.16. The highest BCUT2D eigenvalue weighted by atomic mass is 35.5. The molecule has 1 aromatic rings. The lowest BCUT2D eigenvalue weighted by Crippen LogP contribution is -2.37. The minimum absolute atomic E-state index is 0.0179. The SMILES string of the molecule is CC(CC(O)C(O)C(O)O)c1ccc(Cl)cc1. The number of aliphatic hydroxyl groups is 4. The first-order valence-electron chi connectivity index (χ1n) is 5.39. The molecule has 0 radical (unpaired) electrons. The Morgan fingerprint density at radius 2 is 1.59 bits per heavy atom. The molecule has 0 saturated carbocycles. The second-order valence-electron chi connectivity index (χ2n) is 4.16. The van der Waals surface area contributed by atoms with Gasteiger partial charge in [0.2, 0.25) is 0 Å². The summed E-state index contributed by atoms with van der Waals surface area (Å²) in [5, 5.41) is 37.0. The largest absolute Gasteiger partial charge is 0.390 e. The number of benzene rings is 1. The van der Waals surface area contributed by atoms with Crippen LogP contribution in [0.3, 0.4) is 0 Å². The van der Waals surface area contributed by atoms with Gasteiger partial charge >= 0.3 is 0 Å². The fraction of sp³-hybridized carbons (Fsp3) is 0.500. The average molecular weight is 261 g/mol. The van der Waals surface area contributed by atoms with E-state index >= 15 is 0 Å². The van der Waals surface area contributed by atoms with Gasteiger partial charge in [-0.2, -0.15) is 0 Å². The molecule has 0 aliphatic heterocycles. The molecule has 3 unspecified atom stereocenters. The van der Waals surface area contributed by atoms with E-state index in [4.69, 9.17) is 21.8 Å². The third kappa shape index (κ3) is 4.26. The Hall–Kier alpha value is -0.650. The molecule has 0 bridgehead atoms. The lowest BCUT2D eigenvalue weighted by molar-refractivity contribution is -0.159. The molecule has 1 aromatic carbocycles. The maximum absolute atomic E-state index is 9.58. The van der Waals surface area contributed by atoms with Gasteiger partial charge < -0.3 is 20.4 Å². The van der Waals surface area contributed by atoms with Gasteiger partial charge in [-0.3, -0.25) is 0 Å². The van der Waals surface area contributed by atoms with E-state index in [1.807, 2.05) is 19.1 Å². The van der Waals surface area contributed by atoms with E-state index in [1.165, 1.54) is 0 Å². The van der Waals surface area contributed by atoms with E-state index in [0.29, 0.717) is 5.02 Å². The van der Waals surface area contributed by atoms with Crippen molar-refractivity contribution in [3.05, 3.63) is 34.9 Å². The second kappa shape index (κ2) is 6.33. The molecule has 17 heavy (non-hydrogen) atoms. The van der Waals surface area contributed by atoms with Crippen molar-refractivity contribution in [2.75, 3.05) is 0 Å². The van der Waals surface area contributed by atoms with Crippen LogP contribution >= 0.6 is 11.6 Å². The normalized spacial score (nSPS) is 16.9. The highest BCUT2D eigenvalue weighted by Gasteiger charge is 2.24. The Morgan fingerprint density at radius 1 is 1.06 bits per heavy atom. The first-order chi connectivity index (χ1) is 7.91. The van der Waals surface area contributed by atoms with Gasteiger partial charge in [-0.05, 0) is 30.0 Å². The maximum Gasteiger partial charge on any atom is 0.180 e. The summed E-state index contributed by atoms with van der Waals surface area (Å²) in [6.07, 6.45) is -4.42. The molecule has 4 N–H and O–H groups in total. The van der Waals surface area contributed by atoms with Crippen molar-refractivity contribution in [2.45, 2.75) is 37.8 Å². The van der Waals surface area contributed by atoms with E-state index in [9.17, 15) is 10.2 Å². The van der Waals surface area contributed by atoms with Crippen molar-refractivity contribution in [3.63, 3.8) is 0 Å². The van der Waals surface area contributed by atoms with Crippen LogP contribution in [0.15, 0.2) is 24.3 Å². The zero-order valence-corrected chi connectivity index (χ0v) is 10.2. The van der Waals surface area contributed by atoms with Gasteiger partial charge in [-0.15, -0.1) is 0 Å². The molecule has 0 heterocycles. The minimum atomic E-state index is -1.93. The zero-order chi connectivity index (χ0) is 13.0. The van der Waals surface area contributed by atoms with Crippen LogP contribution in [0.25, 0.3) is 0 Å². The quantitative estimate of drug-likeness (QED) is 0.592. The number of aliphatic hydroxyl groups excluding tert-OH is 3. The van der Waals surface area contributed by atoms with Crippen LogP contribution in [-0.2, 0) is 0 Å². The molecule has 0 saturated heterocycles. The van der Waals surface area contributed by atoms with Crippen LogP contribution in [0.5, 0.6) is 0 Å². The minimum Gasteiger partial charge on any atom is -0.390 e. The molecular weight excluding hydrogens is 244 g/mol. The molecule has 0 amide bonds. The lowest BCUT2D eigenvalue weighted by Gasteiger charge is -2.22. The van der Waals surface area contributed by atoms with E-state index in [2.05, 4.69) is 0 Å². The molecule has 0 aromatic heterocycles. The highest BCUT2D eigenvalue weighted by Crippen LogP contribution is 2.23. The molecule has 4 nitrogen and oxygen atoms in total. The molecule has 0 aliphatic rings. The Labute approximate surface area is 105 Å². The van der Waals surface area contributed by atoms with Crippen LogP contribution in [0.1, 0.15) is 24.8 Å². The summed E-state index contributed by atoms with van der Waals surface area (Å²) < 4.78 is 0. The first kappa shape index (κ1) is 14.4. The van der Waals surface area contributed by atoms with Crippen LogP contribution in [0, 0.1) is 0 Å². The fourth-order valence-corrected chi connectivity index (χ4v) is 1.75. The number of hydrogen-bond donors (Lipinski definition) is 4. The Bertz CT molecular complexity index is 339. The summed E-state index contributed by atoms with van der Waals surface area (Å²) in [5.74, 6) is -0.0179. The monoisotopic (exact) mass is 260 g/mol. The standard InChI is InChI=1S/C12H17ClO4/c1-7(6-10(14)11(15)12(16)17)8-2-4-9(13)5-3-8/h2-5,7,10-12,14-17H,6H2,1H3. The molecular formula is C12H17ClO4. The number of halogens is 1. The predicted molar refractivity (Wildman–Crippen MR) is 64.7 cm³/mol. The molecule has 0 aliphatic carbocycles. The summed E-state index contributed by atoms with van der Waals surface area (Å²) in [7, 11) is 0. The van der Waals surface area contributed by atoms with Gasteiger partial charge in [0.25, 0.3) is 0 Å². The van der Waals surface area contributed by atoms with E-state index in [0.717, 1.165) is 5.56 Å². The summed E-state index contributed by atoms with van der Waals surface area (Å²) >= 11 is 5.76. The van der Waals surface area contributed by atoms with Crippen molar-refractivity contribution in [1.29, 1.82) is 0 Å². The van der Waals surface area contributed by atoms with E-state index in [-0.39, 0.29) is 12.3 Å². The molecule has 3 atom stereocenters. The predicted octanol–water partition coefficient (Wildman–Crippen LogP) is 0.866. The van der Waals surface area contributed by atoms with Crippen molar-refractivity contribution in [1.82, 2.24) is 0 Å². The van der Waals surface area contributed by atoms with Gasteiger partial charge in [0.15, 0.2) is 6.29 Å². The lowest BCUT2D eigenvalue weighted by atomic mass is 9.93. The molecule has 5 heteroatoms. The van der Waals surface area contributed by atoms with Crippen molar-refractivity contribution < 1.29 is 20.4 Å². The van der Waals surface area contributed by atoms with Crippen LogP contribution in [0.2, 0.25) is 5.02 Å². The Balaban J connectivity index is 2.60. The summed E-state index contributed by atoms with van der Waals surface area (Å²) in [6.45, 7) is 1.88. The Kier molecular flexibility index (Phi) is 5.36. The van der Waals surface area contributed by atoms with Crippen LogP contribution in [0.4, 0.5) is 0 Å². The van der Waals surface area contributed by atoms with Gasteiger partial charge in [-0.1, -0.05) is 30.7 Å². The van der Waals surface area contributed by atoms with Gasteiger partial charge in [0.1, 0.15) is 6.10 Å². The third-order valence-corrected chi connectivity index (χ3v) is 2.99. The topological polar surface area (TPSA) is 80.9 Å². The molecule has 0 spiro atoms. The fourth-order valence-electron chi connectivity index (χ4n) is 1.63. The smallest absolute Gasteiger partial charge is 0.180 e. The highest BCUT2D eigenvalue weighted by molar-refractivity contribution is 6.30. The van der Waals surface area contributed by atoms with Crippen molar-refractivity contribution in [2.24, 2.45) is 0 Å². The second-order valence-corrected chi connectivity index (χ2v) is 4.60. The zero-order valence-electron chi connectivity index (χ0n) is 9.49. The van der Waals surface area contributed by atoms with Gasteiger partial charge in [0, 0.05) is 5.02 Å². The molecule has 0 fully saturated rings. The van der Waals surface area contributed by atoms with Crippen LogP contribution in [-0.4, -0.2) is 38.9 Å². The molecule has 1 rings (SSSR count). The molecule has 96 valence electrons. The van der Waals surface area contributed by atoms with Crippen molar-refractivity contribution in [3.8, 4) is 0 Å². The van der Waals surface area contributed by atoms with E-state index < -0.39 is 18.5 Å². The number of rotatable bonds is 5. The average Bonchev–Trinajstić information content (AvgIpc) is 2.28. The summed E-state index contributed by atoms with van der Waals surface area (Å²) in [5.41, 5.74) is 0.966. The van der Waals surface area contributed by atoms with Crippen LogP contribution < -0.4 is 0 Å². The first-order valence-corrected chi connectivity index (χ1v) is 5.77. The van der Waals surface area contributed by atoms with Gasteiger partial charge in [0.05, 0.1) is 6.10 Å². The Morgan fingerprint density at radius 3 is 2.06 bits per heavy atom. The summed E-state index contributed by atoms with van der Waals surface area (Å²) in [4.78, 5) is 0. The van der Waals surface area contributed by atoms with Crippen molar-refractivity contribution >= 4 is 11.6 Å². The van der Waals surface area contributed by atoms with Gasteiger partial charge in [-0.25, -0.2) is 0 Å². The number of hydrogen-bond acceptors (Lipinski definition) is 4. The van der Waals surface area contributed by atoms with E-state index in [1.54, 1.807) is 12.1 Å².